The van der Waals surface area contributed by atoms with Gasteiger partial charge in [0.2, 0.25) is 0 Å². The molecule has 0 aromatic heterocycles. The van der Waals surface area contributed by atoms with Crippen LogP contribution in [-0.2, 0) is 0 Å². The highest BCUT2D eigenvalue weighted by molar-refractivity contribution is 4.84. The molecule has 12 heavy (non-hydrogen) atoms. The highest BCUT2D eigenvalue weighted by Crippen LogP contribution is 2.33. The molecule has 3 saturated heterocycles. The first-order valence-electron chi connectivity index (χ1n) is 5.13. The van der Waals surface area contributed by atoms with Gasteiger partial charge in [-0.05, 0) is 25.2 Å². The number of hydrogen-bond acceptors (Lipinski definition) is 0. The molecule has 0 spiro atoms. The van der Waals surface area contributed by atoms with Crippen molar-refractivity contribution < 1.29 is 4.48 Å². The first kappa shape index (κ1) is 8.13. The van der Waals surface area contributed by atoms with E-state index in [1.807, 2.05) is 0 Å². The molecular formula is C11H18N+. The molecule has 0 saturated carbocycles. The van der Waals surface area contributed by atoms with Crippen molar-refractivity contribution in [3.05, 3.63) is 0 Å². The summed E-state index contributed by atoms with van der Waals surface area (Å²) in [5.74, 6) is 3.84. The van der Waals surface area contributed by atoms with E-state index in [4.69, 9.17) is 6.42 Å². The van der Waals surface area contributed by atoms with Gasteiger partial charge in [-0.25, -0.2) is 0 Å². The van der Waals surface area contributed by atoms with Gasteiger partial charge in [0, 0.05) is 0 Å². The molecule has 0 radical (unpaired) electrons. The van der Waals surface area contributed by atoms with Gasteiger partial charge < -0.3 is 4.48 Å². The number of nitrogens with zero attached hydrogens (tertiary/aromatic N) is 1. The van der Waals surface area contributed by atoms with Gasteiger partial charge in [-0.15, -0.1) is 12.3 Å². The first-order valence-corrected chi connectivity index (χ1v) is 5.13. The molecule has 0 aliphatic carbocycles. The smallest absolute Gasteiger partial charge is 0.0897 e. The Balaban J connectivity index is 1.95. The number of quaternary nitrogens is 1. The summed E-state index contributed by atoms with van der Waals surface area (Å²) in [5, 5.41) is 0. The molecule has 0 aromatic rings. The van der Waals surface area contributed by atoms with E-state index in [0.717, 1.165) is 12.3 Å². The zero-order chi connectivity index (χ0) is 8.44. The van der Waals surface area contributed by atoms with Crippen molar-refractivity contribution in [1.29, 1.82) is 0 Å². The monoisotopic (exact) mass is 164 g/mol. The van der Waals surface area contributed by atoms with Crippen molar-refractivity contribution >= 4 is 0 Å². The third kappa shape index (κ3) is 1.36. The molecule has 1 nitrogen and oxygen atoms in total. The van der Waals surface area contributed by atoms with Crippen LogP contribution in [0.4, 0.5) is 0 Å². The van der Waals surface area contributed by atoms with E-state index in [1.54, 1.807) is 0 Å². The minimum absolute atomic E-state index is 0.977. The molecule has 3 rings (SSSR count). The van der Waals surface area contributed by atoms with Gasteiger partial charge in [0.1, 0.15) is 0 Å². The van der Waals surface area contributed by atoms with E-state index in [1.165, 1.54) is 49.9 Å². The average molecular weight is 164 g/mol. The summed E-state index contributed by atoms with van der Waals surface area (Å²) in [5.41, 5.74) is 0. The quantitative estimate of drug-likeness (QED) is 0.430. The van der Waals surface area contributed by atoms with E-state index in [9.17, 15) is 0 Å². The van der Waals surface area contributed by atoms with Gasteiger partial charge in [-0.1, -0.05) is 0 Å². The largest absolute Gasteiger partial charge is 0.323 e. The molecule has 0 N–H and O–H groups in total. The molecule has 2 bridgehead atoms. The first-order chi connectivity index (χ1) is 5.85. The van der Waals surface area contributed by atoms with E-state index in [0.29, 0.717) is 0 Å². The Morgan fingerprint density at radius 3 is 2.25 bits per heavy atom. The Hall–Kier alpha value is -0.480. The average Bonchev–Trinajstić information content (AvgIpc) is 2.18. The second-order valence-corrected chi connectivity index (χ2v) is 4.42. The van der Waals surface area contributed by atoms with Crippen LogP contribution in [0.2, 0.25) is 0 Å². The topological polar surface area (TPSA) is 0 Å². The lowest BCUT2D eigenvalue weighted by atomic mass is 9.85. The molecule has 1 heteroatoms. The molecule has 66 valence electrons. The van der Waals surface area contributed by atoms with Gasteiger partial charge >= 0.3 is 0 Å². The summed E-state index contributed by atoms with van der Waals surface area (Å²) < 4.78 is 1.35. The highest BCUT2D eigenvalue weighted by Gasteiger charge is 2.38. The highest BCUT2D eigenvalue weighted by atomic mass is 15.4. The molecule has 0 amide bonds. The normalized spacial score (nSPS) is 39.4. The fourth-order valence-electron chi connectivity index (χ4n) is 2.77. The van der Waals surface area contributed by atoms with Crippen molar-refractivity contribution in [2.75, 3.05) is 26.2 Å². The number of rotatable bonds is 2. The Labute approximate surface area is 75.3 Å². The van der Waals surface area contributed by atoms with Crippen LogP contribution in [0.3, 0.4) is 0 Å². The van der Waals surface area contributed by atoms with Crippen LogP contribution >= 0.6 is 0 Å². The van der Waals surface area contributed by atoms with Crippen LogP contribution in [0.25, 0.3) is 0 Å². The van der Waals surface area contributed by atoms with E-state index in [2.05, 4.69) is 5.92 Å². The van der Waals surface area contributed by atoms with Gasteiger partial charge in [0.15, 0.2) is 0 Å². The Morgan fingerprint density at radius 2 is 1.75 bits per heavy atom. The van der Waals surface area contributed by atoms with Crippen molar-refractivity contribution in [1.82, 2.24) is 0 Å². The Morgan fingerprint density at radius 1 is 1.17 bits per heavy atom. The standard InChI is InChI=1S/C11H18N/c1-2-3-7-12-8-4-11(5-9-12)6-10-12/h1,11H,3-10H2/q+1. The lowest BCUT2D eigenvalue weighted by molar-refractivity contribution is -0.942. The molecule has 3 aliphatic rings. The maximum absolute atomic E-state index is 5.31. The van der Waals surface area contributed by atoms with Gasteiger partial charge in [-0.3, -0.25) is 0 Å². The van der Waals surface area contributed by atoms with Gasteiger partial charge in [0.25, 0.3) is 0 Å². The second kappa shape index (κ2) is 3.11. The lowest BCUT2D eigenvalue weighted by Gasteiger charge is -2.49. The Kier molecular flexibility index (Phi) is 2.11. The fourth-order valence-corrected chi connectivity index (χ4v) is 2.77. The van der Waals surface area contributed by atoms with Crippen molar-refractivity contribution in [3.63, 3.8) is 0 Å². The minimum Gasteiger partial charge on any atom is -0.323 e. The maximum atomic E-state index is 5.31. The van der Waals surface area contributed by atoms with E-state index < -0.39 is 0 Å². The summed E-state index contributed by atoms with van der Waals surface area (Å²) in [7, 11) is 0. The van der Waals surface area contributed by atoms with Crippen LogP contribution in [0.5, 0.6) is 0 Å². The zero-order valence-electron chi connectivity index (χ0n) is 7.76. The SMILES string of the molecule is C#CCC[N+]12CCC(CC1)CC2. The second-order valence-electron chi connectivity index (χ2n) is 4.42. The number of terminal acetylenes is 1. The zero-order valence-corrected chi connectivity index (χ0v) is 7.76. The summed E-state index contributed by atoms with van der Waals surface area (Å²) >= 11 is 0. The molecule has 3 heterocycles. The summed E-state index contributed by atoms with van der Waals surface area (Å²) in [6.07, 6.45) is 10.7. The Bertz CT molecular complexity index is 180. The van der Waals surface area contributed by atoms with Crippen LogP contribution < -0.4 is 0 Å². The molecule has 3 fully saturated rings. The van der Waals surface area contributed by atoms with Gasteiger partial charge in [-0.2, -0.15) is 0 Å². The van der Waals surface area contributed by atoms with E-state index >= 15 is 0 Å². The van der Waals surface area contributed by atoms with Crippen molar-refractivity contribution in [3.8, 4) is 12.3 Å². The summed E-state index contributed by atoms with van der Waals surface area (Å²) in [4.78, 5) is 0. The van der Waals surface area contributed by atoms with Crippen molar-refractivity contribution in [2.24, 2.45) is 5.92 Å². The van der Waals surface area contributed by atoms with Crippen LogP contribution in [0.15, 0.2) is 0 Å². The third-order valence-corrected chi connectivity index (χ3v) is 3.77. The minimum atomic E-state index is 0.977. The number of fused-ring (bicyclic) bond motifs is 3. The summed E-state index contributed by atoms with van der Waals surface area (Å²) in [6.45, 7) is 5.47. The lowest BCUT2D eigenvalue weighted by Crippen LogP contribution is -2.58. The van der Waals surface area contributed by atoms with Crippen molar-refractivity contribution in [2.45, 2.75) is 25.7 Å². The molecule has 3 aliphatic heterocycles. The molecule has 0 unspecified atom stereocenters. The fraction of sp³-hybridized carbons (Fsp3) is 0.818. The number of hydrogen-bond donors (Lipinski definition) is 0. The van der Waals surface area contributed by atoms with Crippen LogP contribution in [-0.4, -0.2) is 30.7 Å². The van der Waals surface area contributed by atoms with Crippen LogP contribution in [0.1, 0.15) is 25.7 Å². The molecule has 0 atom stereocenters. The number of piperidine rings is 3. The van der Waals surface area contributed by atoms with Crippen LogP contribution in [0, 0.1) is 18.3 Å². The predicted octanol–water partition coefficient (Wildman–Crippen LogP) is 1.64. The van der Waals surface area contributed by atoms with E-state index in [-0.39, 0.29) is 0 Å². The third-order valence-electron chi connectivity index (χ3n) is 3.77. The predicted molar refractivity (Wildman–Crippen MR) is 50.5 cm³/mol. The maximum Gasteiger partial charge on any atom is 0.0897 e. The summed E-state index contributed by atoms with van der Waals surface area (Å²) in [6, 6.07) is 0. The van der Waals surface area contributed by atoms with Gasteiger partial charge in [0.05, 0.1) is 32.6 Å². The molecular weight excluding hydrogens is 146 g/mol. The molecule has 0 aromatic carbocycles.